The van der Waals surface area contributed by atoms with Gasteiger partial charge in [0.1, 0.15) is 0 Å². The van der Waals surface area contributed by atoms with Crippen molar-refractivity contribution in [2.75, 3.05) is 0 Å². The first-order valence-electron chi connectivity index (χ1n) is 10.5. The molecule has 0 saturated heterocycles. The molecule has 0 aliphatic heterocycles. The highest BCUT2D eigenvalue weighted by molar-refractivity contribution is 6.08. The van der Waals surface area contributed by atoms with Gasteiger partial charge in [0.05, 0.1) is 0 Å². The Kier molecular flexibility index (Phi) is 10.5. The van der Waals surface area contributed by atoms with Crippen LogP contribution in [-0.4, -0.2) is 5.78 Å². The summed E-state index contributed by atoms with van der Waals surface area (Å²) in [7, 11) is 0. The highest BCUT2D eigenvalue weighted by atomic mass is 16.1. The predicted molar refractivity (Wildman–Crippen MR) is 113 cm³/mol. The van der Waals surface area contributed by atoms with Gasteiger partial charge in [-0.15, -0.1) is 0 Å². The van der Waals surface area contributed by atoms with Crippen LogP contribution in [0.15, 0.2) is 71.9 Å². The normalized spacial score (nSPS) is 29.7. The molecular formula is C25H34O. The highest BCUT2D eigenvalue weighted by Gasteiger charge is 2.14. The van der Waals surface area contributed by atoms with Gasteiger partial charge in [-0.3, -0.25) is 4.79 Å². The molecular weight excluding hydrogens is 316 g/mol. The maximum Gasteiger partial charge on any atom is 0.184 e. The fourth-order valence-electron chi connectivity index (χ4n) is 3.44. The number of rotatable bonds is 2. The van der Waals surface area contributed by atoms with Crippen molar-refractivity contribution < 1.29 is 4.79 Å². The zero-order chi connectivity index (χ0) is 18.3. The summed E-state index contributed by atoms with van der Waals surface area (Å²) < 4.78 is 0. The van der Waals surface area contributed by atoms with Crippen LogP contribution in [0.2, 0.25) is 0 Å². The molecule has 2 aliphatic rings. The SMILES string of the molecule is O=C(/C1=C/C=C/C=C\CCCCCC1)/C1=C/C=C/C=C\CCCCCC1. The Balaban J connectivity index is 2.13. The van der Waals surface area contributed by atoms with Crippen molar-refractivity contribution in [2.24, 2.45) is 0 Å². The van der Waals surface area contributed by atoms with E-state index in [-0.39, 0.29) is 5.78 Å². The molecule has 0 fully saturated rings. The monoisotopic (exact) mass is 350 g/mol. The van der Waals surface area contributed by atoms with Gasteiger partial charge in [0, 0.05) is 0 Å². The number of hydrogen-bond donors (Lipinski definition) is 0. The number of ketones is 1. The molecule has 1 nitrogen and oxygen atoms in total. The number of hydrogen-bond acceptors (Lipinski definition) is 1. The van der Waals surface area contributed by atoms with Gasteiger partial charge >= 0.3 is 0 Å². The molecule has 1 heteroatoms. The van der Waals surface area contributed by atoms with E-state index in [2.05, 4.69) is 36.5 Å². The van der Waals surface area contributed by atoms with Crippen LogP contribution in [0.3, 0.4) is 0 Å². The zero-order valence-electron chi connectivity index (χ0n) is 16.2. The molecule has 2 aliphatic carbocycles. The van der Waals surface area contributed by atoms with Gasteiger partial charge in [-0.25, -0.2) is 0 Å². The minimum atomic E-state index is 0.251. The second-order valence-corrected chi connectivity index (χ2v) is 7.24. The van der Waals surface area contributed by atoms with E-state index in [1.54, 1.807) is 0 Å². The molecule has 0 N–H and O–H groups in total. The molecule has 0 bridgehead atoms. The van der Waals surface area contributed by atoms with Gasteiger partial charge in [0.15, 0.2) is 5.78 Å². The fraction of sp³-hybridized carbons (Fsp3) is 0.480. The Morgan fingerprint density at radius 1 is 0.538 bits per heavy atom. The fourth-order valence-corrected chi connectivity index (χ4v) is 3.44. The third-order valence-electron chi connectivity index (χ3n) is 5.03. The summed E-state index contributed by atoms with van der Waals surface area (Å²) in [4.78, 5) is 13.1. The number of carbonyl (C=O) groups excluding carboxylic acids is 1. The van der Waals surface area contributed by atoms with Gasteiger partial charge in [0.25, 0.3) is 0 Å². The predicted octanol–water partition coefficient (Wildman–Crippen LogP) is 7.34. The Hall–Kier alpha value is -1.89. The van der Waals surface area contributed by atoms with Crippen LogP contribution in [0.25, 0.3) is 0 Å². The van der Waals surface area contributed by atoms with E-state index in [0.29, 0.717) is 0 Å². The summed E-state index contributed by atoms with van der Waals surface area (Å²) in [5, 5.41) is 0. The van der Waals surface area contributed by atoms with Crippen LogP contribution >= 0.6 is 0 Å². The van der Waals surface area contributed by atoms with Crippen LogP contribution in [-0.2, 0) is 4.79 Å². The third kappa shape index (κ3) is 8.47. The Morgan fingerprint density at radius 2 is 1.00 bits per heavy atom. The van der Waals surface area contributed by atoms with Crippen molar-refractivity contribution in [3.05, 3.63) is 71.9 Å². The van der Waals surface area contributed by atoms with Crippen LogP contribution in [0.1, 0.15) is 77.0 Å². The minimum Gasteiger partial charge on any atom is -0.289 e. The van der Waals surface area contributed by atoms with E-state index in [1.807, 2.05) is 24.3 Å². The maximum absolute atomic E-state index is 13.1. The van der Waals surface area contributed by atoms with Crippen LogP contribution in [0, 0.1) is 0 Å². The average Bonchev–Trinajstić information content (AvgIpc) is 2.62. The van der Waals surface area contributed by atoms with Crippen molar-refractivity contribution in [3.63, 3.8) is 0 Å². The standard InChI is InChI=1S/C25H34O/c26-25(23-19-15-11-7-3-1-4-8-12-16-20-23)24-21-17-13-9-5-2-6-10-14-18-22-24/h3,5,7,9,11,13,15,17,19,21H,1-2,4,6,8,10,12,14,16,18,20,22H2/b7-3-,9-5-,15-11+,17-13+,23-19+,24-21+. The van der Waals surface area contributed by atoms with Crippen LogP contribution in [0.5, 0.6) is 0 Å². The molecule has 0 radical (unpaired) electrons. The average molecular weight is 351 g/mol. The van der Waals surface area contributed by atoms with Crippen LogP contribution in [0.4, 0.5) is 0 Å². The first-order chi connectivity index (χ1) is 12.9. The van der Waals surface area contributed by atoms with Gasteiger partial charge in [0.2, 0.25) is 0 Å². The van der Waals surface area contributed by atoms with Gasteiger partial charge in [-0.2, -0.15) is 0 Å². The first kappa shape index (κ1) is 20.4. The zero-order valence-corrected chi connectivity index (χ0v) is 16.2. The molecule has 0 aromatic heterocycles. The number of Topliss-reactive ketones (excluding diaryl/α,β-unsaturated/α-hetero) is 1. The van der Waals surface area contributed by atoms with E-state index >= 15 is 0 Å². The number of carbonyl (C=O) groups is 1. The molecule has 0 spiro atoms. The highest BCUT2D eigenvalue weighted by Crippen LogP contribution is 2.21. The molecule has 0 heterocycles. The molecule has 26 heavy (non-hydrogen) atoms. The Morgan fingerprint density at radius 3 is 1.50 bits per heavy atom. The summed E-state index contributed by atoms with van der Waals surface area (Å²) in [6.07, 6.45) is 34.7. The second-order valence-electron chi connectivity index (χ2n) is 7.24. The lowest BCUT2D eigenvalue weighted by atomic mass is 9.93. The molecule has 0 aromatic rings. The van der Waals surface area contributed by atoms with Crippen molar-refractivity contribution >= 4 is 5.78 Å². The Labute approximate surface area is 160 Å². The van der Waals surface area contributed by atoms with Gasteiger partial charge in [-0.1, -0.05) is 86.4 Å². The van der Waals surface area contributed by atoms with Crippen molar-refractivity contribution in [2.45, 2.75) is 77.0 Å². The van der Waals surface area contributed by atoms with E-state index in [9.17, 15) is 4.79 Å². The molecule has 0 unspecified atom stereocenters. The summed E-state index contributed by atoms with van der Waals surface area (Å²) in [6, 6.07) is 0. The van der Waals surface area contributed by atoms with E-state index in [1.165, 1.54) is 38.5 Å². The van der Waals surface area contributed by atoms with Crippen molar-refractivity contribution in [1.29, 1.82) is 0 Å². The Bertz CT molecular complexity index is 544. The molecule has 2 rings (SSSR count). The van der Waals surface area contributed by atoms with Crippen LogP contribution < -0.4 is 0 Å². The van der Waals surface area contributed by atoms with E-state index in [4.69, 9.17) is 0 Å². The molecule has 0 amide bonds. The topological polar surface area (TPSA) is 17.1 Å². The third-order valence-corrected chi connectivity index (χ3v) is 5.03. The number of allylic oxidation sites excluding steroid dienone is 12. The van der Waals surface area contributed by atoms with Gasteiger partial charge in [-0.05, 0) is 62.5 Å². The summed E-state index contributed by atoms with van der Waals surface area (Å²) >= 11 is 0. The quantitative estimate of drug-likeness (QED) is 0.509. The molecule has 0 atom stereocenters. The lowest BCUT2D eigenvalue weighted by molar-refractivity contribution is -0.112. The minimum absolute atomic E-state index is 0.251. The first-order valence-corrected chi connectivity index (χ1v) is 10.5. The smallest absolute Gasteiger partial charge is 0.184 e. The van der Waals surface area contributed by atoms with Crippen molar-refractivity contribution in [3.8, 4) is 0 Å². The van der Waals surface area contributed by atoms with Crippen molar-refractivity contribution in [1.82, 2.24) is 0 Å². The van der Waals surface area contributed by atoms with Gasteiger partial charge < -0.3 is 0 Å². The van der Waals surface area contributed by atoms with E-state index < -0.39 is 0 Å². The molecule has 140 valence electrons. The van der Waals surface area contributed by atoms with E-state index in [0.717, 1.165) is 49.7 Å². The lowest BCUT2D eigenvalue weighted by Crippen LogP contribution is -2.07. The summed E-state index contributed by atoms with van der Waals surface area (Å²) in [6.45, 7) is 0. The molecule has 0 aromatic carbocycles. The largest absolute Gasteiger partial charge is 0.289 e. The second kappa shape index (κ2) is 13.3. The molecule has 0 saturated carbocycles. The summed E-state index contributed by atoms with van der Waals surface area (Å²) in [5.74, 6) is 0.251. The summed E-state index contributed by atoms with van der Waals surface area (Å²) in [5.41, 5.74) is 1.94. The lowest BCUT2D eigenvalue weighted by Gasteiger charge is -2.11. The maximum atomic E-state index is 13.1.